The van der Waals surface area contributed by atoms with Crippen LogP contribution in [0.25, 0.3) is 0 Å². The van der Waals surface area contributed by atoms with Crippen LogP contribution >= 0.6 is 12.4 Å². The first-order valence-electron chi connectivity index (χ1n) is 4.17. The zero-order valence-electron chi connectivity index (χ0n) is 8.19. The van der Waals surface area contributed by atoms with Gasteiger partial charge in [-0.2, -0.15) is 13.2 Å². The maximum atomic E-state index is 13.0. The summed E-state index contributed by atoms with van der Waals surface area (Å²) in [7, 11) is 0. The lowest BCUT2D eigenvalue weighted by Crippen LogP contribution is -2.22. The Morgan fingerprint density at radius 3 is 1.82 bits per heavy atom. The van der Waals surface area contributed by atoms with Crippen LogP contribution in [-0.4, -0.2) is 6.18 Å². The van der Waals surface area contributed by atoms with Crippen molar-refractivity contribution >= 4 is 12.4 Å². The van der Waals surface area contributed by atoms with Gasteiger partial charge in [-0.15, -0.1) is 12.4 Å². The molecule has 0 saturated heterocycles. The molecule has 0 unspecified atom stereocenters. The normalized spacial score (nSPS) is 13.1. The molecule has 0 aliphatic carbocycles. The van der Waals surface area contributed by atoms with Crippen LogP contribution in [0, 0.1) is 17.5 Å². The molecular weight excluding hydrogens is 272 g/mol. The molecule has 0 aromatic heterocycles. The first-order valence-corrected chi connectivity index (χ1v) is 4.17. The lowest BCUT2D eigenvalue weighted by Gasteiger charge is -2.15. The number of rotatable bonds is 2. The average molecular weight is 280 g/mol. The third-order valence-corrected chi connectivity index (χ3v) is 1.87. The summed E-state index contributed by atoms with van der Waals surface area (Å²) in [5.41, 5.74) is 4.05. The van der Waals surface area contributed by atoms with Crippen molar-refractivity contribution in [2.45, 2.75) is 18.6 Å². The third-order valence-electron chi connectivity index (χ3n) is 1.87. The number of alkyl halides is 3. The van der Waals surface area contributed by atoms with Gasteiger partial charge in [-0.3, -0.25) is 0 Å². The smallest absolute Gasteiger partial charge is 0.323 e. The fourth-order valence-corrected chi connectivity index (χ4v) is 1.26. The first-order chi connectivity index (χ1) is 7.20. The van der Waals surface area contributed by atoms with Gasteiger partial charge in [-0.25, -0.2) is 13.2 Å². The van der Waals surface area contributed by atoms with Crippen LogP contribution in [0.3, 0.4) is 0 Å². The van der Waals surface area contributed by atoms with Crippen molar-refractivity contribution in [3.63, 3.8) is 0 Å². The lowest BCUT2D eigenvalue weighted by atomic mass is 10.0. The second-order valence-electron chi connectivity index (χ2n) is 3.21. The molecule has 98 valence electrons. The minimum absolute atomic E-state index is 0. The van der Waals surface area contributed by atoms with Gasteiger partial charge in [0.1, 0.15) is 17.5 Å². The molecule has 8 heteroatoms. The summed E-state index contributed by atoms with van der Waals surface area (Å²) in [6.07, 6.45) is -6.22. The Morgan fingerprint density at radius 2 is 1.47 bits per heavy atom. The number of benzene rings is 1. The molecule has 1 nitrogen and oxygen atoms in total. The quantitative estimate of drug-likeness (QED) is 0.824. The minimum Gasteiger partial charge on any atom is -0.323 e. The van der Waals surface area contributed by atoms with Gasteiger partial charge in [0.2, 0.25) is 0 Å². The van der Waals surface area contributed by atoms with Crippen LogP contribution in [0.5, 0.6) is 0 Å². The molecule has 0 spiro atoms. The summed E-state index contributed by atoms with van der Waals surface area (Å²) in [4.78, 5) is 0. The summed E-state index contributed by atoms with van der Waals surface area (Å²) >= 11 is 0. The Bertz CT molecular complexity index is 369. The monoisotopic (exact) mass is 279 g/mol. The molecule has 0 aliphatic heterocycles. The van der Waals surface area contributed by atoms with Crippen molar-refractivity contribution in [3.8, 4) is 0 Å². The van der Waals surface area contributed by atoms with Crippen molar-refractivity contribution in [3.05, 3.63) is 35.1 Å². The molecular formula is C9H8ClF6N. The molecule has 1 rings (SSSR count). The summed E-state index contributed by atoms with van der Waals surface area (Å²) in [5, 5.41) is 0. The second-order valence-corrected chi connectivity index (χ2v) is 3.21. The minimum atomic E-state index is -4.65. The van der Waals surface area contributed by atoms with E-state index in [2.05, 4.69) is 0 Å². The fourth-order valence-electron chi connectivity index (χ4n) is 1.26. The van der Waals surface area contributed by atoms with Crippen molar-refractivity contribution < 1.29 is 26.3 Å². The van der Waals surface area contributed by atoms with E-state index in [1.807, 2.05) is 0 Å². The van der Waals surface area contributed by atoms with Crippen molar-refractivity contribution in [1.82, 2.24) is 0 Å². The molecule has 0 radical (unpaired) electrons. The van der Waals surface area contributed by atoms with Crippen LogP contribution in [-0.2, 0) is 0 Å². The van der Waals surface area contributed by atoms with E-state index in [9.17, 15) is 26.3 Å². The predicted octanol–water partition coefficient (Wildman–Crippen LogP) is 3.48. The van der Waals surface area contributed by atoms with Gasteiger partial charge in [0.25, 0.3) is 0 Å². The van der Waals surface area contributed by atoms with Gasteiger partial charge < -0.3 is 5.73 Å². The summed E-state index contributed by atoms with van der Waals surface area (Å²) in [6, 6.07) is -1.32. The molecule has 0 saturated carbocycles. The molecule has 0 fully saturated rings. The number of nitrogens with two attached hydrogens (primary N) is 1. The standard InChI is InChI=1S/C9H7F6N.ClH/c10-4-1-5(11)8(6(12)2-4)7(16)3-9(13,14)15;/h1-2,7H,3,16H2;1H/t7-;/m1./s1. The van der Waals surface area contributed by atoms with Gasteiger partial charge in [-0.1, -0.05) is 0 Å². The summed E-state index contributed by atoms with van der Waals surface area (Å²) in [6.45, 7) is 0. The Morgan fingerprint density at radius 1 is 1.06 bits per heavy atom. The van der Waals surface area contributed by atoms with E-state index in [1.54, 1.807) is 0 Å². The van der Waals surface area contributed by atoms with Crippen molar-refractivity contribution in [2.75, 3.05) is 0 Å². The molecule has 0 aliphatic rings. The van der Waals surface area contributed by atoms with Crippen molar-refractivity contribution in [1.29, 1.82) is 0 Å². The Balaban J connectivity index is 0.00000256. The number of halogens is 7. The largest absolute Gasteiger partial charge is 0.390 e. The molecule has 0 heterocycles. The maximum Gasteiger partial charge on any atom is 0.390 e. The Kier molecular flexibility index (Phi) is 5.28. The van der Waals surface area contributed by atoms with E-state index >= 15 is 0 Å². The van der Waals surface area contributed by atoms with Gasteiger partial charge in [0, 0.05) is 23.7 Å². The van der Waals surface area contributed by atoms with Crippen LogP contribution in [0.1, 0.15) is 18.0 Å². The van der Waals surface area contributed by atoms with E-state index in [0.717, 1.165) is 0 Å². The van der Waals surface area contributed by atoms with E-state index in [4.69, 9.17) is 5.73 Å². The highest BCUT2D eigenvalue weighted by Crippen LogP contribution is 2.30. The number of hydrogen-bond donors (Lipinski definition) is 1. The maximum absolute atomic E-state index is 13.0. The molecule has 2 N–H and O–H groups in total. The molecule has 0 amide bonds. The van der Waals surface area contributed by atoms with Gasteiger partial charge in [0.15, 0.2) is 0 Å². The van der Waals surface area contributed by atoms with E-state index in [1.165, 1.54) is 0 Å². The highest BCUT2D eigenvalue weighted by molar-refractivity contribution is 5.85. The van der Waals surface area contributed by atoms with Crippen molar-refractivity contribution in [2.24, 2.45) is 5.73 Å². The van der Waals surface area contributed by atoms with E-state index in [0.29, 0.717) is 0 Å². The van der Waals surface area contributed by atoms with Crippen LogP contribution in [0.15, 0.2) is 12.1 Å². The summed E-state index contributed by atoms with van der Waals surface area (Å²) < 4.78 is 74.3. The lowest BCUT2D eigenvalue weighted by molar-refractivity contribution is -0.138. The zero-order valence-corrected chi connectivity index (χ0v) is 9.01. The molecule has 17 heavy (non-hydrogen) atoms. The van der Waals surface area contributed by atoms with Crippen LogP contribution < -0.4 is 5.73 Å². The van der Waals surface area contributed by atoms with Crippen LogP contribution in [0.4, 0.5) is 26.3 Å². The summed E-state index contributed by atoms with van der Waals surface area (Å²) in [5.74, 6) is -4.05. The highest BCUT2D eigenvalue weighted by atomic mass is 35.5. The SMILES string of the molecule is Cl.N[C@H](CC(F)(F)F)c1c(F)cc(F)cc1F. The first kappa shape index (κ1) is 16.1. The zero-order chi connectivity index (χ0) is 12.5. The van der Waals surface area contributed by atoms with Gasteiger partial charge in [-0.05, 0) is 0 Å². The Hall–Kier alpha value is -0.950. The van der Waals surface area contributed by atoms with Gasteiger partial charge in [0.05, 0.1) is 6.42 Å². The Labute approximate surface area is 99.0 Å². The second kappa shape index (κ2) is 5.59. The molecule has 1 aromatic carbocycles. The highest BCUT2D eigenvalue weighted by Gasteiger charge is 2.33. The molecule has 1 atom stereocenters. The van der Waals surface area contributed by atoms with Gasteiger partial charge >= 0.3 is 6.18 Å². The van der Waals surface area contributed by atoms with E-state index < -0.39 is 41.7 Å². The number of hydrogen-bond acceptors (Lipinski definition) is 1. The predicted molar refractivity (Wildman–Crippen MR) is 51.2 cm³/mol. The average Bonchev–Trinajstić information content (AvgIpc) is 1.96. The topological polar surface area (TPSA) is 26.0 Å². The van der Waals surface area contributed by atoms with Crippen LogP contribution in [0.2, 0.25) is 0 Å². The third kappa shape index (κ3) is 4.43. The molecule has 1 aromatic rings. The molecule has 0 bridgehead atoms. The fraction of sp³-hybridized carbons (Fsp3) is 0.333. The van der Waals surface area contributed by atoms with E-state index in [-0.39, 0.29) is 24.5 Å².